The quantitative estimate of drug-likeness (QED) is 0.751. The van der Waals surface area contributed by atoms with Gasteiger partial charge in [0.2, 0.25) is 0 Å². The minimum atomic E-state index is -0.547. The Morgan fingerprint density at radius 2 is 2.06 bits per heavy atom. The lowest BCUT2D eigenvalue weighted by atomic mass is 9.84. The first-order chi connectivity index (χ1) is 7.86. The molecular formula is C14H19FO2. The molecule has 0 saturated carbocycles. The molecule has 0 aliphatic carbocycles. The van der Waals surface area contributed by atoms with E-state index in [9.17, 15) is 9.18 Å². The zero-order chi connectivity index (χ0) is 13.1. The van der Waals surface area contributed by atoms with Crippen LogP contribution in [0.15, 0.2) is 24.3 Å². The zero-order valence-corrected chi connectivity index (χ0v) is 10.8. The summed E-state index contributed by atoms with van der Waals surface area (Å²) in [7, 11) is 0. The van der Waals surface area contributed by atoms with Crippen LogP contribution in [0.4, 0.5) is 4.39 Å². The summed E-state index contributed by atoms with van der Waals surface area (Å²) in [5.41, 5.74) is 0.0535. The van der Waals surface area contributed by atoms with E-state index >= 15 is 0 Å². The minimum absolute atomic E-state index is 0.168. The van der Waals surface area contributed by atoms with Crippen molar-refractivity contribution >= 4 is 5.78 Å². The number of rotatable bonds is 4. The van der Waals surface area contributed by atoms with Crippen molar-refractivity contribution in [3.8, 4) is 0 Å². The summed E-state index contributed by atoms with van der Waals surface area (Å²) >= 11 is 0. The molecule has 1 unspecified atom stereocenters. The maximum Gasteiger partial charge on any atom is 0.192 e. The number of Topliss-reactive ketones (excluding diaryl/α,β-unsaturated/α-hetero) is 1. The smallest absolute Gasteiger partial charge is 0.192 e. The SMILES string of the molecule is CCOC(C(=O)c1cccc(F)c1)C(C)(C)C. The van der Waals surface area contributed by atoms with Gasteiger partial charge in [-0.1, -0.05) is 32.9 Å². The molecule has 0 fully saturated rings. The van der Waals surface area contributed by atoms with Gasteiger partial charge in [-0.25, -0.2) is 4.39 Å². The molecule has 0 bridgehead atoms. The van der Waals surface area contributed by atoms with Crippen LogP contribution in [0.5, 0.6) is 0 Å². The second-order valence-corrected chi connectivity index (χ2v) is 5.08. The number of ketones is 1. The predicted octanol–water partition coefficient (Wildman–Crippen LogP) is 3.46. The van der Waals surface area contributed by atoms with Gasteiger partial charge in [-0.2, -0.15) is 0 Å². The molecule has 0 heterocycles. The fourth-order valence-corrected chi connectivity index (χ4v) is 1.68. The lowest BCUT2D eigenvalue weighted by Gasteiger charge is -2.29. The first kappa shape index (κ1) is 13.8. The van der Waals surface area contributed by atoms with E-state index in [1.807, 2.05) is 27.7 Å². The highest BCUT2D eigenvalue weighted by Crippen LogP contribution is 2.25. The largest absolute Gasteiger partial charge is 0.370 e. The van der Waals surface area contributed by atoms with Crippen LogP contribution >= 0.6 is 0 Å². The lowest BCUT2D eigenvalue weighted by molar-refractivity contribution is -0.000242. The summed E-state index contributed by atoms with van der Waals surface area (Å²) in [6.45, 7) is 8.11. The normalized spacial score (nSPS) is 13.5. The molecule has 0 saturated heterocycles. The molecule has 1 rings (SSSR count). The first-order valence-corrected chi connectivity index (χ1v) is 5.77. The van der Waals surface area contributed by atoms with Crippen LogP contribution in [-0.2, 0) is 4.74 Å². The van der Waals surface area contributed by atoms with Crippen LogP contribution in [0.2, 0.25) is 0 Å². The number of carbonyl (C=O) groups excluding carboxylic acids is 1. The molecule has 0 spiro atoms. The third kappa shape index (κ3) is 3.63. The zero-order valence-electron chi connectivity index (χ0n) is 10.8. The molecule has 17 heavy (non-hydrogen) atoms. The molecule has 3 heteroatoms. The van der Waals surface area contributed by atoms with Gasteiger partial charge in [-0.15, -0.1) is 0 Å². The number of carbonyl (C=O) groups is 1. The number of hydrogen-bond acceptors (Lipinski definition) is 2. The number of benzene rings is 1. The van der Waals surface area contributed by atoms with Crippen LogP contribution in [0.25, 0.3) is 0 Å². The minimum Gasteiger partial charge on any atom is -0.370 e. The standard InChI is InChI=1S/C14H19FO2/c1-5-17-13(14(2,3)4)12(16)10-7-6-8-11(15)9-10/h6-9,13H,5H2,1-4H3. The highest BCUT2D eigenvalue weighted by Gasteiger charge is 2.32. The molecule has 0 aliphatic rings. The third-order valence-electron chi connectivity index (χ3n) is 2.47. The van der Waals surface area contributed by atoms with Gasteiger partial charge in [0.15, 0.2) is 5.78 Å². The van der Waals surface area contributed by atoms with E-state index in [1.54, 1.807) is 6.07 Å². The number of halogens is 1. The van der Waals surface area contributed by atoms with Crippen LogP contribution in [0, 0.1) is 11.2 Å². The van der Waals surface area contributed by atoms with E-state index in [1.165, 1.54) is 18.2 Å². The van der Waals surface area contributed by atoms with Gasteiger partial charge in [0.1, 0.15) is 11.9 Å². The highest BCUT2D eigenvalue weighted by atomic mass is 19.1. The van der Waals surface area contributed by atoms with Crippen LogP contribution < -0.4 is 0 Å². The van der Waals surface area contributed by atoms with Crippen molar-refractivity contribution in [2.45, 2.75) is 33.8 Å². The molecule has 1 aromatic rings. The summed E-state index contributed by atoms with van der Waals surface area (Å²) in [6, 6.07) is 5.72. The first-order valence-electron chi connectivity index (χ1n) is 5.77. The van der Waals surface area contributed by atoms with E-state index in [0.717, 1.165) is 0 Å². The molecule has 0 radical (unpaired) electrons. The summed E-state index contributed by atoms with van der Waals surface area (Å²) in [4.78, 5) is 12.2. The van der Waals surface area contributed by atoms with Crippen molar-refractivity contribution in [1.82, 2.24) is 0 Å². The Balaban J connectivity index is 3.00. The van der Waals surface area contributed by atoms with Crippen molar-refractivity contribution in [1.29, 1.82) is 0 Å². The van der Waals surface area contributed by atoms with Crippen LogP contribution in [-0.4, -0.2) is 18.5 Å². The van der Waals surface area contributed by atoms with E-state index in [0.29, 0.717) is 12.2 Å². The molecule has 0 amide bonds. The van der Waals surface area contributed by atoms with Gasteiger partial charge in [-0.3, -0.25) is 4.79 Å². The molecule has 1 aromatic carbocycles. The van der Waals surface area contributed by atoms with Crippen molar-refractivity contribution in [3.63, 3.8) is 0 Å². The van der Waals surface area contributed by atoms with Gasteiger partial charge >= 0.3 is 0 Å². The van der Waals surface area contributed by atoms with Crippen molar-refractivity contribution < 1.29 is 13.9 Å². The van der Waals surface area contributed by atoms with Gasteiger partial charge in [0.05, 0.1) is 0 Å². The Morgan fingerprint density at radius 3 is 2.53 bits per heavy atom. The average molecular weight is 238 g/mol. The third-order valence-corrected chi connectivity index (χ3v) is 2.47. The lowest BCUT2D eigenvalue weighted by Crippen LogP contribution is -2.37. The maximum absolute atomic E-state index is 13.1. The van der Waals surface area contributed by atoms with Gasteiger partial charge < -0.3 is 4.74 Å². The van der Waals surface area contributed by atoms with Gasteiger partial charge in [0, 0.05) is 12.2 Å². The van der Waals surface area contributed by atoms with Gasteiger partial charge in [0.25, 0.3) is 0 Å². The van der Waals surface area contributed by atoms with Gasteiger partial charge in [-0.05, 0) is 24.5 Å². The molecule has 0 N–H and O–H groups in total. The Bertz CT molecular complexity index is 393. The van der Waals surface area contributed by atoms with E-state index in [-0.39, 0.29) is 11.2 Å². The summed E-state index contributed by atoms with van der Waals surface area (Å²) in [5.74, 6) is -0.571. The molecule has 94 valence electrons. The monoisotopic (exact) mass is 238 g/mol. The highest BCUT2D eigenvalue weighted by molar-refractivity contribution is 5.99. The van der Waals surface area contributed by atoms with E-state index < -0.39 is 11.9 Å². The maximum atomic E-state index is 13.1. The van der Waals surface area contributed by atoms with Crippen LogP contribution in [0.1, 0.15) is 38.1 Å². The Labute approximate surface area is 102 Å². The Hall–Kier alpha value is -1.22. The van der Waals surface area contributed by atoms with Crippen molar-refractivity contribution in [2.75, 3.05) is 6.61 Å². The predicted molar refractivity (Wildman–Crippen MR) is 65.6 cm³/mol. The van der Waals surface area contributed by atoms with Crippen LogP contribution in [0.3, 0.4) is 0 Å². The Kier molecular flexibility index (Phi) is 4.40. The number of ether oxygens (including phenoxy) is 1. The average Bonchev–Trinajstić information content (AvgIpc) is 2.23. The molecular weight excluding hydrogens is 219 g/mol. The van der Waals surface area contributed by atoms with Crippen molar-refractivity contribution in [2.24, 2.45) is 5.41 Å². The second-order valence-electron chi connectivity index (χ2n) is 5.08. The summed E-state index contributed by atoms with van der Waals surface area (Å²) in [5, 5.41) is 0. The fraction of sp³-hybridized carbons (Fsp3) is 0.500. The fourth-order valence-electron chi connectivity index (χ4n) is 1.68. The molecule has 1 atom stereocenters. The van der Waals surface area contributed by atoms with E-state index in [4.69, 9.17) is 4.74 Å². The summed E-state index contributed by atoms with van der Waals surface area (Å²) in [6.07, 6.45) is -0.547. The second kappa shape index (κ2) is 5.41. The molecule has 0 aliphatic heterocycles. The molecule has 2 nitrogen and oxygen atoms in total. The summed E-state index contributed by atoms with van der Waals surface area (Å²) < 4.78 is 18.6. The van der Waals surface area contributed by atoms with E-state index in [2.05, 4.69) is 0 Å². The topological polar surface area (TPSA) is 26.3 Å². The Morgan fingerprint density at radius 1 is 1.41 bits per heavy atom. The molecule has 0 aromatic heterocycles. The number of hydrogen-bond donors (Lipinski definition) is 0. The van der Waals surface area contributed by atoms with Crippen molar-refractivity contribution in [3.05, 3.63) is 35.6 Å².